The topological polar surface area (TPSA) is 90.3 Å². The monoisotopic (exact) mass is 421 g/mol. The summed E-state index contributed by atoms with van der Waals surface area (Å²) in [6.07, 6.45) is -0.133. The van der Waals surface area contributed by atoms with Crippen LogP contribution in [0.5, 0.6) is 0 Å². The highest BCUT2D eigenvalue weighted by atomic mass is 16.5. The minimum absolute atomic E-state index is 0.0165. The van der Waals surface area contributed by atoms with E-state index in [0.717, 1.165) is 12.0 Å². The molecule has 1 N–H and O–H groups in total. The Morgan fingerprint density at radius 1 is 1.03 bits per heavy atom. The lowest BCUT2D eigenvalue weighted by molar-refractivity contribution is -0.123. The molecule has 1 heterocycles. The Bertz CT molecular complexity index is 1150. The minimum Gasteiger partial charge on any atom is -0.448 e. The van der Waals surface area contributed by atoms with Crippen molar-refractivity contribution in [3.8, 4) is 0 Å². The number of anilines is 1. The maximum absolute atomic E-state index is 12.9. The Morgan fingerprint density at radius 2 is 1.68 bits per heavy atom. The lowest BCUT2D eigenvalue weighted by Gasteiger charge is -2.15. The van der Waals surface area contributed by atoms with Crippen molar-refractivity contribution >= 4 is 28.3 Å². The van der Waals surface area contributed by atoms with Gasteiger partial charge in [0, 0.05) is 17.6 Å². The van der Waals surface area contributed by atoms with E-state index < -0.39 is 18.0 Å². The molecule has 1 atom stereocenters. The molecule has 3 rings (SSSR count). The minimum atomic E-state index is -1.04. The largest absolute Gasteiger partial charge is 0.448 e. The van der Waals surface area contributed by atoms with E-state index in [1.807, 2.05) is 38.1 Å². The van der Waals surface area contributed by atoms with Gasteiger partial charge in [0.1, 0.15) is 0 Å². The number of hydrogen-bond donors (Lipinski definition) is 1. The van der Waals surface area contributed by atoms with E-state index in [9.17, 15) is 14.4 Å². The van der Waals surface area contributed by atoms with Crippen LogP contribution in [0.2, 0.25) is 0 Å². The van der Waals surface area contributed by atoms with E-state index in [4.69, 9.17) is 4.74 Å². The number of esters is 1. The average Bonchev–Trinajstić information content (AvgIpc) is 2.75. The fraction of sp³-hybridized carbons (Fsp3) is 0.333. The molecular formula is C24H27N3O4. The van der Waals surface area contributed by atoms with Crippen LogP contribution in [0.3, 0.4) is 0 Å². The highest BCUT2D eigenvalue weighted by molar-refractivity contribution is 6.03. The zero-order chi connectivity index (χ0) is 22.5. The number of fused-ring (bicyclic) bond motifs is 1. The number of aromatic nitrogens is 2. The molecule has 0 spiro atoms. The molecule has 3 aromatic rings. The number of carbonyl (C=O) groups is 2. The second-order valence-corrected chi connectivity index (χ2v) is 7.86. The molecule has 0 fully saturated rings. The van der Waals surface area contributed by atoms with Crippen LogP contribution >= 0.6 is 0 Å². The summed E-state index contributed by atoms with van der Waals surface area (Å²) < 4.78 is 6.68. The van der Waals surface area contributed by atoms with E-state index in [-0.39, 0.29) is 17.2 Å². The third-order valence-corrected chi connectivity index (χ3v) is 4.88. The van der Waals surface area contributed by atoms with E-state index in [0.29, 0.717) is 23.0 Å². The third kappa shape index (κ3) is 5.17. The number of aryl methyl sites for hydroxylation is 1. The summed E-state index contributed by atoms with van der Waals surface area (Å²) in [6.45, 7) is 7.84. The molecule has 0 unspecified atom stereocenters. The normalized spacial score (nSPS) is 12.0. The van der Waals surface area contributed by atoms with Crippen molar-refractivity contribution < 1.29 is 14.3 Å². The number of carbonyl (C=O) groups excluding carboxylic acids is 2. The van der Waals surface area contributed by atoms with Gasteiger partial charge in [-0.05, 0) is 43.0 Å². The number of rotatable bonds is 7. The van der Waals surface area contributed by atoms with Crippen molar-refractivity contribution in [1.29, 1.82) is 0 Å². The molecule has 0 saturated carbocycles. The highest BCUT2D eigenvalue weighted by Crippen LogP contribution is 2.16. The SMILES string of the molecule is CCc1ccc(NC(=O)[C@@H](C)OC(=O)c2nn(CC(C)C)c(=O)c3ccccc23)cc1. The van der Waals surface area contributed by atoms with Gasteiger partial charge >= 0.3 is 5.97 Å². The molecule has 162 valence electrons. The first-order valence-corrected chi connectivity index (χ1v) is 10.4. The fourth-order valence-corrected chi connectivity index (χ4v) is 3.19. The quantitative estimate of drug-likeness (QED) is 0.586. The van der Waals surface area contributed by atoms with Crippen molar-refractivity contribution in [2.45, 2.75) is 46.8 Å². The summed E-state index contributed by atoms with van der Waals surface area (Å²) in [5.41, 5.74) is 1.54. The van der Waals surface area contributed by atoms with Gasteiger partial charge in [-0.25, -0.2) is 9.48 Å². The first kappa shape index (κ1) is 22.2. The van der Waals surface area contributed by atoms with Crippen LogP contribution in [0.15, 0.2) is 53.3 Å². The fourth-order valence-electron chi connectivity index (χ4n) is 3.19. The molecule has 0 radical (unpaired) electrons. The first-order chi connectivity index (χ1) is 14.8. The summed E-state index contributed by atoms with van der Waals surface area (Å²) in [5, 5.41) is 7.79. The van der Waals surface area contributed by atoms with Gasteiger partial charge in [0.15, 0.2) is 11.8 Å². The number of nitrogens with one attached hydrogen (secondary N) is 1. The molecular weight excluding hydrogens is 394 g/mol. The Hall–Kier alpha value is -3.48. The predicted molar refractivity (Wildman–Crippen MR) is 120 cm³/mol. The summed E-state index contributed by atoms with van der Waals surface area (Å²) in [7, 11) is 0. The third-order valence-electron chi connectivity index (χ3n) is 4.88. The number of benzene rings is 2. The first-order valence-electron chi connectivity index (χ1n) is 10.4. The van der Waals surface area contributed by atoms with Crippen LogP contribution in [0.25, 0.3) is 10.8 Å². The van der Waals surface area contributed by atoms with Crippen molar-refractivity contribution in [2.24, 2.45) is 5.92 Å². The maximum atomic E-state index is 12.9. The Labute approximate surface area is 181 Å². The van der Waals surface area contributed by atoms with E-state index in [1.165, 1.54) is 11.6 Å². The van der Waals surface area contributed by atoms with E-state index >= 15 is 0 Å². The smallest absolute Gasteiger partial charge is 0.360 e. The number of amides is 1. The second-order valence-electron chi connectivity index (χ2n) is 7.86. The summed E-state index contributed by atoms with van der Waals surface area (Å²) in [6, 6.07) is 14.2. The van der Waals surface area contributed by atoms with E-state index in [2.05, 4.69) is 17.3 Å². The zero-order valence-electron chi connectivity index (χ0n) is 18.2. The number of nitrogens with zero attached hydrogens (tertiary/aromatic N) is 2. The average molecular weight is 421 g/mol. The summed E-state index contributed by atoms with van der Waals surface area (Å²) in [4.78, 5) is 38.1. The van der Waals surface area contributed by atoms with Gasteiger partial charge in [-0.2, -0.15) is 5.10 Å². The molecule has 0 aliphatic rings. The standard InChI is InChI=1S/C24H27N3O4/c1-5-17-10-12-18(13-11-17)25-22(28)16(4)31-24(30)21-19-8-6-7-9-20(19)23(29)27(26-21)14-15(2)3/h6-13,15-16H,5,14H2,1-4H3,(H,25,28)/t16-/m1/s1. The van der Waals surface area contributed by atoms with Gasteiger partial charge < -0.3 is 10.1 Å². The lowest BCUT2D eigenvalue weighted by Crippen LogP contribution is -2.32. The van der Waals surface area contributed by atoms with Crippen molar-refractivity contribution in [2.75, 3.05) is 5.32 Å². The predicted octanol–water partition coefficient (Wildman–Crippen LogP) is 3.80. The van der Waals surface area contributed by atoms with Crippen LogP contribution in [-0.2, 0) is 22.5 Å². The van der Waals surface area contributed by atoms with Crippen molar-refractivity contribution in [3.63, 3.8) is 0 Å². The summed E-state index contributed by atoms with van der Waals surface area (Å²) in [5.74, 6) is -1.03. The number of hydrogen-bond acceptors (Lipinski definition) is 5. The molecule has 0 saturated heterocycles. The molecule has 31 heavy (non-hydrogen) atoms. The van der Waals surface area contributed by atoms with Gasteiger partial charge in [0.25, 0.3) is 11.5 Å². The van der Waals surface area contributed by atoms with E-state index in [1.54, 1.807) is 24.3 Å². The molecule has 0 bridgehead atoms. The van der Waals surface area contributed by atoms with Crippen molar-refractivity contribution in [1.82, 2.24) is 9.78 Å². The molecule has 0 aliphatic carbocycles. The second kappa shape index (κ2) is 9.55. The molecule has 7 heteroatoms. The zero-order valence-corrected chi connectivity index (χ0v) is 18.2. The van der Waals surface area contributed by atoms with Gasteiger partial charge in [-0.1, -0.05) is 51.1 Å². The molecule has 2 aromatic carbocycles. The van der Waals surface area contributed by atoms with Crippen LogP contribution in [0, 0.1) is 5.92 Å². The number of ether oxygens (including phenoxy) is 1. The maximum Gasteiger partial charge on any atom is 0.360 e. The molecule has 0 aliphatic heterocycles. The molecule has 1 aromatic heterocycles. The lowest BCUT2D eigenvalue weighted by atomic mass is 10.1. The molecule has 7 nitrogen and oxygen atoms in total. The van der Waals surface area contributed by atoms with Crippen LogP contribution in [-0.4, -0.2) is 27.8 Å². The highest BCUT2D eigenvalue weighted by Gasteiger charge is 2.23. The Balaban J connectivity index is 1.82. The Morgan fingerprint density at radius 3 is 2.29 bits per heavy atom. The Kier molecular flexibility index (Phi) is 6.84. The summed E-state index contributed by atoms with van der Waals surface area (Å²) >= 11 is 0. The van der Waals surface area contributed by atoms with Gasteiger partial charge in [-0.3, -0.25) is 9.59 Å². The van der Waals surface area contributed by atoms with Crippen molar-refractivity contribution in [3.05, 3.63) is 70.1 Å². The van der Waals surface area contributed by atoms with Crippen LogP contribution in [0.4, 0.5) is 5.69 Å². The van der Waals surface area contributed by atoms with Gasteiger partial charge in [-0.15, -0.1) is 0 Å². The molecule has 1 amide bonds. The van der Waals surface area contributed by atoms with Crippen LogP contribution < -0.4 is 10.9 Å². The van der Waals surface area contributed by atoms with Gasteiger partial charge in [0.05, 0.1) is 5.39 Å². The van der Waals surface area contributed by atoms with Gasteiger partial charge in [0.2, 0.25) is 0 Å². The van der Waals surface area contributed by atoms with Crippen LogP contribution in [0.1, 0.15) is 43.7 Å².